The number of hydrogen-bond donors (Lipinski definition) is 1. The van der Waals surface area contributed by atoms with Crippen LogP contribution in [0.1, 0.15) is 23.6 Å². The largest absolute Gasteiger partial charge is 0.507 e. The Labute approximate surface area is 185 Å². The molecule has 8 heteroatoms. The molecule has 0 unspecified atom stereocenters. The SMILES string of the molecule is CN(C)CCCN1C(=O)C(=O)/C(=C(/O)c2ccc3c(c2)oc(=O)n3C)[C@@H]1c1ccccc1. The van der Waals surface area contributed by atoms with Crippen LogP contribution < -0.4 is 5.76 Å². The summed E-state index contributed by atoms with van der Waals surface area (Å²) in [6.45, 7) is 1.14. The molecule has 32 heavy (non-hydrogen) atoms. The topological polar surface area (TPSA) is 96.0 Å². The molecule has 1 aromatic heterocycles. The van der Waals surface area contributed by atoms with Gasteiger partial charge in [0.15, 0.2) is 5.58 Å². The predicted molar refractivity (Wildman–Crippen MR) is 120 cm³/mol. The van der Waals surface area contributed by atoms with Crippen LogP contribution in [0, 0.1) is 0 Å². The first kappa shape index (κ1) is 21.6. The number of amides is 1. The predicted octanol–water partition coefficient (Wildman–Crippen LogP) is 2.50. The van der Waals surface area contributed by atoms with Crippen LogP contribution >= 0.6 is 0 Å². The number of rotatable bonds is 6. The fourth-order valence-corrected chi connectivity index (χ4v) is 4.09. The molecule has 1 N–H and O–H groups in total. The molecular weight excluding hydrogens is 410 g/mol. The van der Waals surface area contributed by atoms with Gasteiger partial charge in [-0.3, -0.25) is 14.2 Å². The molecule has 1 atom stereocenters. The van der Waals surface area contributed by atoms with Gasteiger partial charge in [-0.1, -0.05) is 30.3 Å². The Hall–Kier alpha value is -3.65. The summed E-state index contributed by atoms with van der Waals surface area (Å²) < 4.78 is 6.57. The number of hydrogen-bond acceptors (Lipinski definition) is 6. The maximum Gasteiger partial charge on any atom is 0.419 e. The normalized spacial score (nSPS) is 18.2. The van der Waals surface area contributed by atoms with Crippen LogP contribution in [0.3, 0.4) is 0 Å². The standard InChI is InChI=1S/C24H25N3O5/c1-25(2)12-7-13-27-20(15-8-5-4-6-9-15)19(22(29)23(27)30)21(28)16-10-11-17-18(14-16)32-24(31)26(17)3/h4-6,8-11,14,20,28H,7,12-13H2,1-3H3/b21-19+/t20-/m0/s1. The van der Waals surface area contributed by atoms with Gasteiger partial charge in [0, 0.05) is 19.2 Å². The first-order chi connectivity index (χ1) is 15.3. The molecule has 1 aliphatic rings. The molecule has 166 valence electrons. The summed E-state index contributed by atoms with van der Waals surface area (Å²) >= 11 is 0. The number of aliphatic hydroxyl groups is 1. The van der Waals surface area contributed by atoms with Crippen LogP contribution in [0.5, 0.6) is 0 Å². The number of fused-ring (bicyclic) bond motifs is 1. The molecule has 0 spiro atoms. The lowest BCUT2D eigenvalue weighted by atomic mass is 9.95. The van der Waals surface area contributed by atoms with E-state index in [1.165, 1.54) is 15.5 Å². The van der Waals surface area contributed by atoms with E-state index in [-0.39, 0.29) is 16.9 Å². The summed E-state index contributed by atoms with van der Waals surface area (Å²) in [4.78, 5) is 41.3. The van der Waals surface area contributed by atoms with Crippen molar-refractivity contribution in [3.05, 3.63) is 75.8 Å². The number of oxazole rings is 1. The average Bonchev–Trinajstić information content (AvgIpc) is 3.20. The maximum atomic E-state index is 13.0. The van der Waals surface area contributed by atoms with E-state index in [1.807, 2.05) is 49.3 Å². The van der Waals surface area contributed by atoms with Crippen molar-refractivity contribution in [2.45, 2.75) is 12.5 Å². The second-order valence-corrected chi connectivity index (χ2v) is 8.17. The number of nitrogens with zero attached hydrogens (tertiary/aromatic N) is 3. The van der Waals surface area contributed by atoms with Crippen molar-refractivity contribution in [3.63, 3.8) is 0 Å². The van der Waals surface area contributed by atoms with Gasteiger partial charge < -0.3 is 19.3 Å². The van der Waals surface area contributed by atoms with Crippen LogP contribution in [0.4, 0.5) is 0 Å². The molecule has 8 nitrogen and oxygen atoms in total. The number of carbonyl (C=O) groups excluding carboxylic acids is 2. The third-order valence-corrected chi connectivity index (χ3v) is 5.73. The van der Waals surface area contributed by atoms with Crippen LogP contribution in [-0.4, -0.2) is 58.3 Å². The highest BCUT2D eigenvalue weighted by Crippen LogP contribution is 2.39. The number of aryl methyl sites for hydroxylation is 1. The van der Waals surface area contributed by atoms with E-state index in [0.29, 0.717) is 24.0 Å². The molecule has 1 saturated heterocycles. The lowest BCUT2D eigenvalue weighted by molar-refractivity contribution is -0.139. The van der Waals surface area contributed by atoms with Gasteiger partial charge in [-0.05, 0) is 50.8 Å². The minimum absolute atomic E-state index is 0.0312. The van der Waals surface area contributed by atoms with Crippen molar-refractivity contribution >= 4 is 28.5 Å². The summed E-state index contributed by atoms with van der Waals surface area (Å²) in [6.07, 6.45) is 0.685. The van der Waals surface area contributed by atoms with Gasteiger partial charge >= 0.3 is 5.76 Å². The molecule has 1 fully saturated rings. The van der Waals surface area contributed by atoms with Crippen LogP contribution in [0.2, 0.25) is 0 Å². The number of benzene rings is 2. The Morgan fingerprint density at radius 3 is 2.50 bits per heavy atom. The van der Waals surface area contributed by atoms with Crippen molar-refractivity contribution < 1.29 is 19.1 Å². The molecular formula is C24H25N3O5. The van der Waals surface area contributed by atoms with E-state index in [2.05, 4.69) is 0 Å². The fourth-order valence-electron chi connectivity index (χ4n) is 4.09. The minimum Gasteiger partial charge on any atom is -0.507 e. The zero-order valence-corrected chi connectivity index (χ0v) is 18.2. The van der Waals surface area contributed by atoms with E-state index in [9.17, 15) is 19.5 Å². The van der Waals surface area contributed by atoms with E-state index in [4.69, 9.17) is 4.42 Å². The summed E-state index contributed by atoms with van der Waals surface area (Å²) in [5.74, 6) is -2.17. The molecule has 1 aliphatic heterocycles. The molecule has 0 bridgehead atoms. The van der Waals surface area contributed by atoms with Crippen LogP contribution in [0.15, 0.2) is 63.3 Å². The van der Waals surface area contributed by atoms with Gasteiger partial charge in [0.05, 0.1) is 17.1 Å². The Kier molecular flexibility index (Phi) is 5.71. The highest BCUT2D eigenvalue weighted by Gasteiger charge is 2.45. The van der Waals surface area contributed by atoms with Gasteiger partial charge in [-0.25, -0.2) is 4.79 Å². The van der Waals surface area contributed by atoms with Crippen molar-refractivity contribution in [1.29, 1.82) is 0 Å². The molecule has 0 radical (unpaired) electrons. The van der Waals surface area contributed by atoms with Gasteiger partial charge in [0.25, 0.3) is 11.7 Å². The number of ketones is 1. The highest BCUT2D eigenvalue weighted by atomic mass is 16.4. The number of Topliss-reactive ketones (excluding diaryl/α,β-unsaturated/α-hetero) is 1. The summed E-state index contributed by atoms with van der Waals surface area (Å²) in [7, 11) is 5.48. The number of aromatic nitrogens is 1. The Morgan fingerprint density at radius 1 is 1.09 bits per heavy atom. The van der Waals surface area contributed by atoms with E-state index in [0.717, 1.165) is 12.1 Å². The Bertz CT molecular complexity index is 1270. The molecule has 2 aromatic carbocycles. The minimum atomic E-state index is -0.726. The number of likely N-dealkylation sites (tertiary alicyclic amines) is 1. The second-order valence-electron chi connectivity index (χ2n) is 8.17. The van der Waals surface area contributed by atoms with E-state index in [1.54, 1.807) is 19.2 Å². The first-order valence-corrected chi connectivity index (χ1v) is 10.4. The quantitative estimate of drug-likeness (QED) is 0.363. The molecule has 3 aromatic rings. The lowest BCUT2D eigenvalue weighted by Crippen LogP contribution is -2.32. The molecule has 2 heterocycles. The average molecular weight is 435 g/mol. The monoisotopic (exact) mass is 435 g/mol. The van der Waals surface area contributed by atoms with Gasteiger partial charge in [-0.15, -0.1) is 0 Å². The second kappa shape index (κ2) is 8.47. The fraction of sp³-hybridized carbons (Fsp3) is 0.292. The summed E-state index contributed by atoms with van der Waals surface area (Å²) in [5, 5.41) is 11.2. The molecule has 0 aliphatic carbocycles. The first-order valence-electron chi connectivity index (χ1n) is 10.4. The van der Waals surface area contributed by atoms with Gasteiger partial charge in [0.2, 0.25) is 0 Å². The zero-order chi connectivity index (χ0) is 23.0. The third kappa shape index (κ3) is 3.73. The highest BCUT2D eigenvalue weighted by molar-refractivity contribution is 6.46. The van der Waals surface area contributed by atoms with Crippen molar-refractivity contribution in [3.8, 4) is 0 Å². The summed E-state index contributed by atoms with van der Waals surface area (Å²) in [5.41, 5.74) is 1.93. The van der Waals surface area contributed by atoms with Crippen LogP contribution in [-0.2, 0) is 16.6 Å². The van der Waals surface area contributed by atoms with Gasteiger partial charge in [-0.2, -0.15) is 0 Å². The smallest absolute Gasteiger partial charge is 0.419 e. The van der Waals surface area contributed by atoms with E-state index < -0.39 is 23.5 Å². The Morgan fingerprint density at radius 2 is 1.81 bits per heavy atom. The number of carbonyl (C=O) groups is 2. The lowest BCUT2D eigenvalue weighted by Gasteiger charge is -2.26. The molecule has 4 rings (SSSR count). The van der Waals surface area contributed by atoms with Gasteiger partial charge in [0.1, 0.15) is 5.76 Å². The van der Waals surface area contributed by atoms with Crippen molar-refractivity contribution in [2.24, 2.45) is 7.05 Å². The van der Waals surface area contributed by atoms with Crippen LogP contribution in [0.25, 0.3) is 16.9 Å². The number of aliphatic hydroxyl groups excluding tert-OH is 1. The van der Waals surface area contributed by atoms with E-state index >= 15 is 0 Å². The zero-order valence-electron chi connectivity index (χ0n) is 18.2. The maximum absolute atomic E-state index is 13.0. The third-order valence-electron chi connectivity index (χ3n) is 5.73. The van der Waals surface area contributed by atoms with Crippen molar-refractivity contribution in [2.75, 3.05) is 27.2 Å². The Balaban J connectivity index is 1.82. The molecule has 0 saturated carbocycles. The summed E-state index contributed by atoms with van der Waals surface area (Å²) in [6, 6.07) is 13.2. The van der Waals surface area contributed by atoms with Crippen molar-refractivity contribution in [1.82, 2.24) is 14.4 Å². The molecule has 1 amide bonds.